The Morgan fingerprint density at radius 2 is 1.88 bits per heavy atom. The maximum atomic E-state index is 12.6. The van der Waals surface area contributed by atoms with Gasteiger partial charge in [-0.05, 0) is 18.6 Å². The van der Waals surface area contributed by atoms with Gasteiger partial charge in [0.2, 0.25) is 0 Å². The number of halogens is 3. The number of benzene rings is 1. The summed E-state index contributed by atoms with van der Waals surface area (Å²) in [6.07, 6.45) is 5.40. The van der Waals surface area contributed by atoms with Crippen molar-refractivity contribution in [1.29, 1.82) is 0 Å². The first-order valence-corrected chi connectivity index (χ1v) is 9.67. The lowest BCUT2D eigenvalue weighted by Gasteiger charge is -2.12. The van der Waals surface area contributed by atoms with Crippen molar-refractivity contribution in [1.82, 2.24) is 15.0 Å². The lowest BCUT2D eigenvalue weighted by atomic mass is 10.1. The van der Waals surface area contributed by atoms with Crippen LogP contribution >= 0.6 is 0 Å². The Hall–Kier alpha value is -2.10. The smallest absolute Gasteiger partial charge is 0.379 e. The second kappa shape index (κ2) is 8.52. The second-order valence-corrected chi connectivity index (χ2v) is 7.30. The Kier molecular flexibility index (Phi) is 6.63. The quantitative estimate of drug-likeness (QED) is 0.273. The molecule has 144 valence electrons. The van der Waals surface area contributed by atoms with E-state index in [9.17, 15) is 21.6 Å². The molecule has 0 N–H and O–H groups in total. The molecule has 26 heavy (non-hydrogen) atoms. The molecule has 0 radical (unpaired) electrons. The predicted molar refractivity (Wildman–Crippen MR) is 91.2 cm³/mol. The molecule has 0 saturated heterocycles. The molecule has 1 heterocycles. The largest absolute Gasteiger partial charge is 0.534 e. The molecule has 0 unspecified atom stereocenters. The Labute approximate surface area is 149 Å². The first-order chi connectivity index (χ1) is 12.2. The fourth-order valence-electron chi connectivity index (χ4n) is 2.34. The van der Waals surface area contributed by atoms with Crippen molar-refractivity contribution >= 4 is 27.4 Å². The molecule has 0 bridgehead atoms. The van der Waals surface area contributed by atoms with Crippen molar-refractivity contribution in [3.63, 3.8) is 0 Å². The maximum Gasteiger partial charge on any atom is 0.534 e. The van der Waals surface area contributed by atoms with Crippen molar-refractivity contribution in [3.8, 4) is 0 Å². The molecule has 0 aliphatic rings. The molecule has 0 aliphatic carbocycles. The molecule has 0 aliphatic heterocycles. The van der Waals surface area contributed by atoms with Gasteiger partial charge >= 0.3 is 15.6 Å². The van der Waals surface area contributed by atoms with Crippen LogP contribution in [0.4, 0.5) is 13.2 Å². The molecular formula is C16H20F3N3O3S. The average Bonchev–Trinajstić information content (AvgIpc) is 2.96. The molecule has 6 nitrogen and oxygen atoms in total. The normalized spacial score (nSPS) is 13.3. The minimum absolute atomic E-state index is 0.0488. The van der Waals surface area contributed by atoms with Crippen LogP contribution in [0.2, 0.25) is 0 Å². The van der Waals surface area contributed by atoms with Gasteiger partial charge in [-0.3, -0.25) is 0 Å². The molecule has 2 aromatic rings. The first kappa shape index (κ1) is 20.2. The summed E-state index contributed by atoms with van der Waals surface area (Å²) in [5.41, 5.74) is -4.42. The van der Waals surface area contributed by atoms with Crippen molar-refractivity contribution in [2.45, 2.75) is 51.0 Å². The summed E-state index contributed by atoms with van der Waals surface area (Å²) in [5, 5.41) is 7.70. The zero-order valence-electron chi connectivity index (χ0n) is 14.2. The molecular weight excluding hydrogens is 371 g/mol. The Morgan fingerprint density at radius 1 is 1.19 bits per heavy atom. The summed E-state index contributed by atoms with van der Waals surface area (Å²) < 4.78 is 66.2. The highest BCUT2D eigenvalue weighted by atomic mass is 32.2. The molecule has 2 rings (SSSR count). The van der Waals surface area contributed by atoms with Crippen molar-refractivity contribution < 1.29 is 25.8 Å². The fourth-order valence-corrected chi connectivity index (χ4v) is 2.84. The first-order valence-electron chi connectivity index (χ1n) is 8.26. The topological polar surface area (TPSA) is 74.1 Å². The number of aromatic nitrogens is 3. The number of hydrogen-bond donors (Lipinski definition) is 0. The van der Waals surface area contributed by atoms with Crippen molar-refractivity contribution in [3.05, 3.63) is 30.0 Å². The summed E-state index contributed by atoms with van der Waals surface area (Å²) in [5.74, 6) is -0.325. The van der Waals surface area contributed by atoms with E-state index in [1.165, 1.54) is 4.68 Å². The highest BCUT2D eigenvalue weighted by Crippen LogP contribution is 2.28. The number of para-hydroxylation sites is 1. The molecule has 0 amide bonds. The highest BCUT2D eigenvalue weighted by Gasteiger charge is 2.48. The zero-order valence-corrected chi connectivity index (χ0v) is 15.1. The summed E-state index contributed by atoms with van der Waals surface area (Å²) in [6, 6.07) is 6.81. The van der Waals surface area contributed by atoms with Gasteiger partial charge in [-0.25, -0.2) is 4.68 Å². The van der Waals surface area contributed by atoms with E-state index >= 15 is 0 Å². The van der Waals surface area contributed by atoms with Gasteiger partial charge in [-0.2, -0.15) is 21.6 Å². The fraction of sp³-hybridized carbons (Fsp3) is 0.500. The second-order valence-electron chi connectivity index (χ2n) is 5.77. The van der Waals surface area contributed by atoms with E-state index < -0.39 is 15.6 Å². The van der Waals surface area contributed by atoms with Gasteiger partial charge in [0.25, 0.3) is 0 Å². The van der Waals surface area contributed by atoms with E-state index in [4.69, 9.17) is 0 Å². The van der Waals surface area contributed by atoms with E-state index in [1.54, 1.807) is 24.3 Å². The minimum Gasteiger partial charge on any atom is -0.379 e. The van der Waals surface area contributed by atoms with Crippen LogP contribution in [0.3, 0.4) is 0 Å². The summed E-state index contributed by atoms with van der Waals surface area (Å²) in [7, 11) is -5.73. The highest BCUT2D eigenvalue weighted by molar-refractivity contribution is 7.87. The summed E-state index contributed by atoms with van der Waals surface area (Å²) >= 11 is 0. The molecule has 1 aromatic carbocycles. The van der Waals surface area contributed by atoms with Crippen LogP contribution < -0.4 is 0 Å². The zero-order chi connectivity index (χ0) is 19.2. The van der Waals surface area contributed by atoms with Crippen LogP contribution in [0.25, 0.3) is 17.2 Å². The van der Waals surface area contributed by atoms with Gasteiger partial charge in [-0.15, -0.1) is 5.10 Å². The lowest BCUT2D eigenvalue weighted by Crippen LogP contribution is -2.25. The molecule has 0 saturated carbocycles. The Bertz CT molecular complexity index is 860. The van der Waals surface area contributed by atoms with Gasteiger partial charge in [0.15, 0.2) is 0 Å². The van der Waals surface area contributed by atoms with Crippen LogP contribution in [-0.2, 0) is 14.3 Å². The van der Waals surface area contributed by atoms with Crippen LogP contribution in [0.1, 0.15) is 45.4 Å². The summed E-state index contributed by atoms with van der Waals surface area (Å²) in [6.45, 7) is 2.04. The SMILES string of the molecule is CCCCCCC/C(=C/n1nnc2ccccc21)OS(=O)(=O)C(F)(F)F. The van der Waals surface area contributed by atoms with Gasteiger partial charge < -0.3 is 4.18 Å². The van der Waals surface area contributed by atoms with E-state index in [0.29, 0.717) is 17.5 Å². The van der Waals surface area contributed by atoms with E-state index in [1.807, 2.05) is 6.92 Å². The number of allylic oxidation sites excluding steroid dienone is 1. The molecule has 1 aromatic heterocycles. The molecule has 0 spiro atoms. The van der Waals surface area contributed by atoms with Gasteiger partial charge in [-0.1, -0.05) is 50.0 Å². The third-order valence-corrected chi connectivity index (χ3v) is 4.67. The third-order valence-electron chi connectivity index (χ3n) is 3.67. The summed E-state index contributed by atoms with van der Waals surface area (Å²) in [4.78, 5) is 0. The van der Waals surface area contributed by atoms with Gasteiger partial charge in [0, 0.05) is 6.42 Å². The van der Waals surface area contributed by atoms with Crippen molar-refractivity contribution in [2.24, 2.45) is 0 Å². The maximum absolute atomic E-state index is 12.6. The van der Waals surface area contributed by atoms with Crippen LogP contribution in [-0.4, -0.2) is 28.9 Å². The van der Waals surface area contributed by atoms with E-state index in [0.717, 1.165) is 31.9 Å². The Balaban J connectivity index is 2.24. The molecule has 0 fully saturated rings. The number of fused-ring (bicyclic) bond motifs is 1. The lowest BCUT2D eigenvalue weighted by molar-refractivity contribution is -0.0523. The molecule has 10 heteroatoms. The standard InChI is InChI=1S/C16H20F3N3O3S/c1-2-3-4-5-6-9-13(25-26(23,24)16(17,18)19)12-22-15-11-8-7-10-14(15)20-21-22/h7-8,10-12H,2-6,9H2,1H3/b13-12-. The molecule has 0 atom stereocenters. The number of unbranched alkanes of at least 4 members (excludes halogenated alkanes) is 4. The van der Waals surface area contributed by atoms with Crippen LogP contribution in [0.5, 0.6) is 0 Å². The minimum atomic E-state index is -5.73. The predicted octanol–water partition coefficient (Wildman–Crippen LogP) is 4.46. The van der Waals surface area contributed by atoms with E-state index in [2.05, 4.69) is 14.5 Å². The monoisotopic (exact) mass is 391 g/mol. The number of hydrogen-bond acceptors (Lipinski definition) is 5. The van der Waals surface area contributed by atoms with Gasteiger partial charge in [0.1, 0.15) is 11.3 Å². The number of rotatable bonds is 9. The van der Waals surface area contributed by atoms with Crippen LogP contribution in [0.15, 0.2) is 30.0 Å². The number of nitrogens with zero attached hydrogens (tertiary/aromatic N) is 3. The van der Waals surface area contributed by atoms with Crippen molar-refractivity contribution in [2.75, 3.05) is 0 Å². The van der Waals surface area contributed by atoms with Crippen LogP contribution in [0, 0.1) is 0 Å². The number of alkyl halides is 3. The van der Waals surface area contributed by atoms with Gasteiger partial charge in [0.05, 0.1) is 11.7 Å². The third kappa shape index (κ3) is 5.20. The Morgan fingerprint density at radius 3 is 2.58 bits per heavy atom. The van der Waals surface area contributed by atoms with E-state index in [-0.39, 0.29) is 12.2 Å². The average molecular weight is 391 g/mol.